The molecule has 0 aliphatic heterocycles. The lowest BCUT2D eigenvalue weighted by atomic mass is 10.2. The van der Waals surface area contributed by atoms with Gasteiger partial charge in [-0.15, -0.1) is 0 Å². The Morgan fingerprint density at radius 2 is 1.55 bits per heavy atom. The maximum atomic E-state index is 12.5. The van der Waals surface area contributed by atoms with Crippen LogP contribution in [0.15, 0.2) is 77.3 Å². The van der Waals surface area contributed by atoms with E-state index >= 15 is 0 Å². The standard InChI is InChI=1S/C25H25BrN2O4S/c1-2-14-32-23-13-8-18(17-22(23)26)24(29)28-25(33)27-19-9-11-21(12-10-19)31-16-15-30-20-6-4-3-5-7-20/h3-13,17H,2,14-16H2,1H3,(H2,27,28,29,33). The van der Waals surface area contributed by atoms with Crippen LogP contribution in [0.5, 0.6) is 17.2 Å². The smallest absolute Gasteiger partial charge is 0.257 e. The molecular formula is C25H25BrN2O4S. The van der Waals surface area contributed by atoms with Gasteiger partial charge in [0.25, 0.3) is 5.91 Å². The minimum atomic E-state index is -0.311. The van der Waals surface area contributed by atoms with Crippen LogP contribution in [0.2, 0.25) is 0 Å². The molecule has 6 nitrogen and oxygen atoms in total. The van der Waals surface area contributed by atoms with Crippen molar-refractivity contribution in [2.75, 3.05) is 25.1 Å². The van der Waals surface area contributed by atoms with E-state index in [4.69, 9.17) is 26.4 Å². The topological polar surface area (TPSA) is 68.8 Å². The summed E-state index contributed by atoms with van der Waals surface area (Å²) in [4.78, 5) is 12.5. The number of hydrogen-bond donors (Lipinski definition) is 2. The maximum Gasteiger partial charge on any atom is 0.257 e. The lowest BCUT2D eigenvalue weighted by Crippen LogP contribution is -2.34. The lowest BCUT2D eigenvalue weighted by molar-refractivity contribution is 0.0977. The third kappa shape index (κ3) is 8.07. The number of para-hydroxylation sites is 1. The molecule has 0 fully saturated rings. The van der Waals surface area contributed by atoms with E-state index in [1.54, 1.807) is 18.2 Å². The van der Waals surface area contributed by atoms with E-state index in [0.29, 0.717) is 41.4 Å². The number of thiocarbonyl (C=S) groups is 1. The summed E-state index contributed by atoms with van der Waals surface area (Å²) in [6, 6.07) is 22.0. The van der Waals surface area contributed by atoms with E-state index in [2.05, 4.69) is 26.6 Å². The molecule has 0 bridgehead atoms. The summed E-state index contributed by atoms with van der Waals surface area (Å²) < 4.78 is 17.6. The SMILES string of the molecule is CCCOc1ccc(C(=O)NC(=S)Nc2ccc(OCCOc3ccccc3)cc2)cc1Br. The van der Waals surface area contributed by atoms with Gasteiger partial charge in [-0.1, -0.05) is 25.1 Å². The van der Waals surface area contributed by atoms with Crippen molar-refractivity contribution in [1.82, 2.24) is 5.32 Å². The minimum Gasteiger partial charge on any atom is -0.492 e. The number of ether oxygens (including phenoxy) is 3. The number of halogens is 1. The second kappa shape index (κ2) is 12.8. The quantitative estimate of drug-likeness (QED) is 0.255. The van der Waals surface area contributed by atoms with Gasteiger partial charge >= 0.3 is 0 Å². The number of carbonyl (C=O) groups excluding carboxylic acids is 1. The van der Waals surface area contributed by atoms with Crippen LogP contribution >= 0.6 is 28.1 Å². The molecule has 0 atom stereocenters. The zero-order valence-corrected chi connectivity index (χ0v) is 20.6. The average molecular weight is 529 g/mol. The molecule has 0 saturated carbocycles. The van der Waals surface area contributed by atoms with E-state index in [1.165, 1.54) is 0 Å². The highest BCUT2D eigenvalue weighted by molar-refractivity contribution is 9.10. The molecule has 0 aliphatic carbocycles. The van der Waals surface area contributed by atoms with E-state index in [1.807, 2.05) is 61.5 Å². The number of benzene rings is 3. The number of nitrogens with one attached hydrogen (secondary N) is 2. The summed E-state index contributed by atoms with van der Waals surface area (Å²) in [6.07, 6.45) is 0.907. The minimum absolute atomic E-state index is 0.201. The van der Waals surface area contributed by atoms with Crippen molar-refractivity contribution < 1.29 is 19.0 Å². The first-order valence-electron chi connectivity index (χ1n) is 10.5. The van der Waals surface area contributed by atoms with Crippen LogP contribution in [0.3, 0.4) is 0 Å². The number of anilines is 1. The molecule has 0 aromatic heterocycles. The molecule has 3 aromatic carbocycles. The Bertz CT molecular complexity index is 1060. The molecule has 172 valence electrons. The van der Waals surface area contributed by atoms with Gasteiger partial charge in [0, 0.05) is 11.3 Å². The molecule has 3 aromatic rings. The molecule has 0 unspecified atom stereocenters. The first-order valence-corrected chi connectivity index (χ1v) is 11.7. The highest BCUT2D eigenvalue weighted by Crippen LogP contribution is 2.26. The molecule has 33 heavy (non-hydrogen) atoms. The molecule has 2 N–H and O–H groups in total. The zero-order chi connectivity index (χ0) is 23.5. The first-order chi connectivity index (χ1) is 16.0. The number of carbonyl (C=O) groups is 1. The van der Waals surface area contributed by atoms with Gasteiger partial charge in [-0.2, -0.15) is 0 Å². The van der Waals surface area contributed by atoms with E-state index in [9.17, 15) is 4.79 Å². The van der Waals surface area contributed by atoms with Crippen LogP contribution in [-0.4, -0.2) is 30.8 Å². The van der Waals surface area contributed by atoms with Crippen molar-refractivity contribution in [3.63, 3.8) is 0 Å². The van der Waals surface area contributed by atoms with E-state index in [-0.39, 0.29) is 11.0 Å². The molecule has 0 aliphatic rings. The van der Waals surface area contributed by atoms with Gasteiger partial charge in [-0.05, 0) is 89.2 Å². The molecule has 3 rings (SSSR count). The highest BCUT2D eigenvalue weighted by atomic mass is 79.9. The summed E-state index contributed by atoms with van der Waals surface area (Å²) in [5.41, 5.74) is 1.20. The second-order valence-electron chi connectivity index (χ2n) is 6.94. The third-order valence-electron chi connectivity index (χ3n) is 4.36. The number of amides is 1. The van der Waals surface area contributed by atoms with Gasteiger partial charge in [0.2, 0.25) is 0 Å². The van der Waals surface area contributed by atoms with Crippen LogP contribution in [0.4, 0.5) is 5.69 Å². The maximum absolute atomic E-state index is 12.5. The third-order valence-corrected chi connectivity index (χ3v) is 5.18. The molecule has 0 radical (unpaired) electrons. The Morgan fingerprint density at radius 3 is 2.18 bits per heavy atom. The monoisotopic (exact) mass is 528 g/mol. The Balaban J connectivity index is 1.43. The van der Waals surface area contributed by atoms with Gasteiger partial charge < -0.3 is 19.5 Å². The molecule has 0 saturated heterocycles. The van der Waals surface area contributed by atoms with Crippen LogP contribution < -0.4 is 24.8 Å². The summed E-state index contributed by atoms with van der Waals surface area (Å²) in [5.74, 6) is 1.91. The fraction of sp³-hybridized carbons (Fsp3) is 0.200. The van der Waals surface area contributed by atoms with Crippen LogP contribution in [0, 0.1) is 0 Å². The molecular weight excluding hydrogens is 504 g/mol. The summed E-state index contributed by atoms with van der Waals surface area (Å²) in [5, 5.41) is 5.88. The summed E-state index contributed by atoms with van der Waals surface area (Å²) >= 11 is 8.70. The Kier molecular flexibility index (Phi) is 9.53. The fourth-order valence-electron chi connectivity index (χ4n) is 2.78. The second-order valence-corrected chi connectivity index (χ2v) is 8.20. The lowest BCUT2D eigenvalue weighted by Gasteiger charge is -2.12. The largest absolute Gasteiger partial charge is 0.492 e. The van der Waals surface area contributed by atoms with E-state index < -0.39 is 0 Å². The predicted octanol–water partition coefficient (Wildman–Crippen LogP) is 5.82. The predicted molar refractivity (Wildman–Crippen MR) is 137 cm³/mol. The van der Waals surface area contributed by atoms with Crippen molar-refractivity contribution in [1.29, 1.82) is 0 Å². The van der Waals surface area contributed by atoms with Gasteiger partial charge in [-0.25, -0.2) is 0 Å². The summed E-state index contributed by atoms with van der Waals surface area (Å²) in [7, 11) is 0. The normalized spacial score (nSPS) is 10.2. The Hall–Kier alpha value is -3.10. The van der Waals surface area contributed by atoms with Crippen LogP contribution in [0.1, 0.15) is 23.7 Å². The van der Waals surface area contributed by atoms with Crippen molar-refractivity contribution in [2.45, 2.75) is 13.3 Å². The molecule has 8 heteroatoms. The number of hydrogen-bond acceptors (Lipinski definition) is 5. The zero-order valence-electron chi connectivity index (χ0n) is 18.2. The molecule has 0 spiro atoms. The van der Waals surface area contributed by atoms with Gasteiger partial charge in [-0.3, -0.25) is 10.1 Å². The molecule has 0 heterocycles. The Labute approximate surface area is 207 Å². The average Bonchev–Trinajstić information content (AvgIpc) is 2.82. The van der Waals surface area contributed by atoms with Crippen LogP contribution in [-0.2, 0) is 0 Å². The number of rotatable bonds is 10. The van der Waals surface area contributed by atoms with Crippen molar-refractivity contribution in [3.05, 3.63) is 82.8 Å². The fourth-order valence-corrected chi connectivity index (χ4v) is 3.48. The van der Waals surface area contributed by atoms with Crippen molar-refractivity contribution in [2.24, 2.45) is 0 Å². The van der Waals surface area contributed by atoms with Crippen molar-refractivity contribution >= 4 is 44.9 Å². The highest BCUT2D eigenvalue weighted by Gasteiger charge is 2.11. The summed E-state index contributed by atoms with van der Waals surface area (Å²) in [6.45, 7) is 3.52. The van der Waals surface area contributed by atoms with E-state index in [0.717, 1.165) is 17.9 Å². The first kappa shape index (κ1) is 24.5. The van der Waals surface area contributed by atoms with Crippen molar-refractivity contribution in [3.8, 4) is 17.2 Å². The Morgan fingerprint density at radius 1 is 0.879 bits per heavy atom. The van der Waals surface area contributed by atoms with Gasteiger partial charge in [0.15, 0.2) is 5.11 Å². The molecule has 1 amide bonds. The van der Waals surface area contributed by atoms with Crippen LogP contribution in [0.25, 0.3) is 0 Å². The van der Waals surface area contributed by atoms with Gasteiger partial charge in [0.1, 0.15) is 30.5 Å². The van der Waals surface area contributed by atoms with Gasteiger partial charge in [0.05, 0.1) is 11.1 Å².